The molecule has 0 aliphatic carbocycles. The van der Waals surface area contributed by atoms with E-state index in [9.17, 15) is 0 Å². The van der Waals surface area contributed by atoms with E-state index in [1.165, 1.54) is 0 Å². The fourth-order valence-corrected chi connectivity index (χ4v) is 1.54. The monoisotopic (exact) mass is 199 g/mol. The number of nitrogens with zero attached hydrogens (tertiary/aromatic N) is 2. The van der Waals surface area contributed by atoms with Gasteiger partial charge in [-0.3, -0.25) is 4.98 Å². The van der Waals surface area contributed by atoms with Crippen LogP contribution >= 0.6 is 0 Å². The second kappa shape index (κ2) is 3.24. The van der Waals surface area contributed by atoms with Gasteiger partial charge in [0, 0.05) is 5.39 Å². The Bertz CT molecular complexity index is 541. The Kier molecular flexibility index (Phi) is 2.06. The Morgan fingerprint density at radius 3 is 2.86 bits per heavy atom. The standard InChI is InChI=1S/C11H8N2S/c1-7-2-3-8-5-9(6-12)11(14)13-10(8)4-7/h2-5H,1H3,(H,13,14)/p-1. The molecule has 1 aromatic carbocycles. The third-order valence-corrected chi connectivity index (χ3v) is 2.37. The fraction of sp³-hybridized carbons (Fsp3) is 0.0909. The van der Waals surface area contributed by atoms with E-state index in [1.54, 1.807) is 6.07 Å². The minimum absolute atomic E-state index is 0.380. The molecule has 0 N–H and O–H groups in total. The topological polar surface area (TPSA) is 36.7 Å². The third-order valence-electron chi connectivity index (χ3n) is 2.06. The summed E-state index contributed by atoms with van der Waals surface area (Å²) < 4.78 is 0. The van der Waals surface area contributed by atoms with Crippen LogP contribution in [0.4, 0.5) is 0 Å². The average Bonchev–Trinajstić information content (AvgIpc) is 2.16. The zero-order valence-electron chi connectivity index (χ0n) is 7.61. The predicted molar refractivity (Wildman–Crippen MR) is 56.8 cm³/mol. The molecular formula is C11H7N2S-. The Balaban J connectivity index is 2.81. The molecule has 0 spiro atoms. The van der Waals surface area contributed by atoms with Gasteiger partial charge in [-0.15, -0.1) is 0 Å². The first-order valence-corrected chi connectivity index (χ1v) is 4.60. The number of aromatic nitrogens is 1. The largest absolute Gasteiger partial charge is 0.759 e. The van der Waals surface area contributed by atoms with Crippen LogP contribution in [-0.4, -0.2) is 4.98 Å². The summed E-state index contributed by atoms with van der Waals surface area (Å²) in [6.45, 7) is 2.00. The molecule has 0 atom stereocenters. The number of rotatable bonds is 0. The van der Waals surface area contributed by atoms with Crippen LogP contribution in [0.25, 0.3) is 10.9 Å². The minimum Gasteiger partial charge on any atom is -0.759 e. The average molecular weight is 199 g/mol. The summed E-state index contributed by atoms with van der Waals surface area (Å²) in [4.78, 5) is 4.20. The lowest BCUT2D eigenvalue weighted by Gasteiger charge is -2.08. The van der Waals surface area contributed by atoms with Crippen molar-refractivity contribution in [3.05, 3.63) is 35.4 Å². The molecule has 2 nitrogen and oxygen atoms in total. The summed E-state index contributed by atoms with van der Waals surface area (Å²) >= 11 is 4.99. The lowest BCUT2D eigenvalue weighted by Crippen LogP contribution is -1.88. The van der Waals surface area contributed by atoms with Crippen molar-refractivity contribution in [2.75, 3.05) is 0 Å². The smallest absolute Gasteiger partial charge is 0.0991 e. The number of nitriles is 1. The van der Waals surface area contributed by atoms with Crippen LogP contribution in [0.3, 0.4) is 0 Å². The highest BCUT2D eigenvalue weighted by atomic mass is 32.1. The van der Waals surface area contributed by atoms with E-state index in [0.29, 0.717) is 10.6 Å². The Morgan fingerprint density at radius 2 is 2.14 bits per heavy atom. The van der Waals surface area contributed by atoms with Gasteiger partial charge in [-0.05, 0) is 24.6 Å². The lowest BCUT2D eigenvalue weighted by molar-refractivity contribution is 1.17. The zero-order chi connectivity index (χ0) is 10.1. The highest BCUT2D eigenvalue weighted by molar-refractivity contribution is 7.58. The SMILES string of the molecule is Cc1ccc2cc(C#N)c([S-])nc2c1. The van der Waals surface area contributed by atoms with Crippen molar-refractivity contribution in [1.82, 2.24) is 4.98 Å². The molecule has 0 aliphatic rings. The maximum atomic E-state index is 8.78. The third kappa shape index (κ3) is 1.40. The van der Waals surface area contributed by atoms with Gasteiger partial charge < -0.3 is 12.6 Å². The van der Waals surface area contributed by atoms with Gasteiger partial charge in [-0.2, -0.15) is 5.26 Å². The molecule has 1 heterocycles. The van der Waals surface area contributed by atoms with E-state index < -0.39 is 0 Å². The Labute approximate surface area is 87.6 Å². The summed E-state index contributed by atoms with van der Waals surface area (Å²) in [6, 6.07) is 9.73. The predicted octanol–water partition coefficient (Wildman–Crippen LogP) is 2.32. The van der Waals surface area contributed by atoms with Crippen LogP contribution in [0.15, 0.2) is 29.3 Å². The van der Waals surface area contributed by atoms with Gasteiger partial charge in [0.05, 0.1) is 17.1 Å². The molecular weight excluding hydrogens is 192 g/mol. The van der Waals surface area contributed by atoms with Gasteiger partial charge >= 0.3 is 0 Å². The molecule has 0 amide bonds. The molecule has 0 radical (unpaired) electrons. The van der Waals surface area contributed by atoms with E-state index in [-0.39, 0.29) is 0 Å². The first-order chi connectivity index (χ1) is 6.70. The summed E-state index contributed by atoms with van der Waals surface area (Å²) in [7, 11) is 0. The van der Waals surface area contributed by atoms with Gasteiger partial charge in [0.15, 0.2) is 0 Å². The van der Waals surface area contributed by atoms with Gasteiger partial charge in [0.1, 0.15) is 0 Å². The molecule has 2 aromatic rings. The van der Waals surface area contributed by atoms with E-state index in [4.69, 9.17) is 17.9 Å². The van der Waals surface area contributed by atoms with Crippen molar-refractivity contribution in [1.29, 1.82) is 5.26 Å². The van der Waals surface area contributed by atoms with Crippen LogP contribution in [0.1, 0.15) is 11.1 Å². The minimum atomic E-state index is 0.380. The van der Waals surface area contributed by atoms with Crippen molar-refractivity contribution in [2.24, 2.45) is 0 Å². The first-order valence-electron chi connectivity index (χ1n) is 4.19. The fourth-order valence-electron chi connectivity index (χ4n) is 1.34. The second-order valence-electron chi connectivity index (χ2n) is 3.15. The van der Waals surface area contributed by atoms with Gasteiger partial charge in [-0.1, -0.05) is 17.2 Å². The molecule has 0 saturated heterocycles. The zero-order valence-corrected chi connectivity index (χ0v) is 8.43. The quantitative estimate of drug-likeness (QED) is 0.611. The van der Waals surface area contributed by atoms with E-state index in [0.717, 1.165) is 16.5 Å². The van der Waals surface area contributed by atoms with Crippen molar-refractivity contribution < 1.29 is 0 Å². The number of hydrogen-bond donors (Lipinski definition) is 0. The van der Waals surface area contributed by atoms with Crippen molar-refractivity contribution in [2.45, 2.75) is 11.9 Å². The Hall–Kier alpha value is -1.66. The maximum Gasteiger partial charge on any atom is 0.0991 e. The van der Waals surface area contributed by atoms with Gasteiger partial charge in [0.25, 0.3) is 0 Å². The van der Waals surface area contributed by atoms with Crippen LogP contribution in [0.2, 0.25) is 0 Å². The molecule has 0 aliphatic heterocycles. The van der Waals surface area contributed by atoms with E-state index in [1.807, 2.05) is 31.2 Å². The molecule has 0 bridgehead atoms. The summed E-state index contributed by atoms with van der Waals surface area (Å²) in [5.41, 5.74) is 2.47. The van der Waals surface area contributed by atoms with Crippen LogP contribution in [0.5, 0.6) is 0 Å². The lowest BCUT2D eigenvalue weighted by atomic mass is 10.1. The molecule has 0 saturated carbocycles. The number of hydrogen-bond acceptors (Lipinski definition) is 3. The molecule has 14 heavy (non-hydrogen) atoms. The molecule has 0 unspecified atom stereocenters. The second-order valence-corrected chi connectivity index (χ2v) is 3.54. The maximum absolute atomic E-state index is 8.78. The van der Waals surface area contributed by atoms with Gasteiger partial charge in [-0.25, -0.2) is 0 Å². The van der Waals surface area contributed by atoms with Gasteiger partial charge in [0.2, 0.25) is 0 Å². The highest BCUT2D eigenvalue weighted by Crippen LogP contribution is 2.17. The van der Waals surface area contributed by atoms with E-state index >= 15 is 0 Å². The number of benzene rings is 1. The number of fused-ring (bicyclic) bond motifs is 1. The molecule has 1 aromatic heterocycles. The Morgan fingerprint density at radius 1 is 1.36 bits per heavy atom. The van der Waals surface area contributed by atoms with Crippen molar-refractivity contribution >= 4 is 23.5 Å². The van der Waals surface area contributed by atoms with Crippen LogP contribution < -0.4 is 0 Å². The number of pyridine rings is 1. The normalized spacial score (nSPS) is 10.0. The highest BCUT2D eigenvalue weighted by Gasteiger charge is 1.98. The molecule has 0 fully saturated rings. The molecule has 2 rings (SSSR count). The first kappa shape index (κ1) is 8.92. The summed E-state index contributed by atoms with van der Waals surface area (Å²) in [5.74, 6) is 0. The molecule has 3 heteroatoms. The van der Waals surface area contributed by atoms with Crippen molar-refractivity contribution in [3.63, 3.8) is 0 Å². The van der Waals surface area contributed by atoms with Crippen LogP contribution in [-0.2, 0) is 12.6 Å². The molecule has 68 valence electrons. The van der Waals surface area contributed by atoms with Crippen molar-refractivity contribution in [3.8, 4) is 6.07 Å². The summed E-state index contributed by atoms with van der Waals surface area (Å²) in [6.07, 6.45) is 0. The number of aryl methyl sites for hydroxylation is 1. The van der Waals surface area contributed by atoms with E-state index in [2.05, 4.69) is 4.98 Å². The van der Waals surface area contributed by atoms with Crippen LogP contribution in [0, 0.1) is 18.3 Å². The summed E-state index contributed by atoms with van der Waals surface area (Å²) in [5, 5.41) is 10.1.